The number of fused-ring (bicyclic) bond motifs is 1. The first-order valence-corrected chi connectivity index (χ1v) is 9.02. The Labute approximate surface area is 138 Å². The highest BCUT2D eigenvalue weighted by Gasteiger charge is 2.38. The molecule has 3 fully saturated rings. The molecule has 0 aliphatic carbocycles. The Kier molecular flexibility index (Phi) is 3.85. The molecule has 23 heavy (non-hydrogen) atoms. The molecule has 1 amide bonds. The van der Waals surface area contributed by atoms with Gasteiger partial charge in [-0.15, -0.1) is 0 Å². The Morgan fingerprint density at radius 2 is 2.00 bits per heavy atom. The number of thioether (sulfide) groups is 1. The van der Waals surface area contributed by atoms with E-state index in [-0.39, 0.29) is 19.0 Å². The quantitative estimate of drug-likeness (QED) is 0.913. The summed E-state index contributed by atoms with van der Waals surface area (Å²) >= 11 is 1.99. The molecule has 3 heterocycles. The zero-order valence-electron chi connectivity index (χ0n) is 12.7. The summed E-state index contributed by atoms with van der Waals surface area (Å²) in [4.78, 5) is 15.3. The minimum absolute atomic E-state index is 0.225. The fourth-order valence-corrected chi connectivity index (χ4v) is 5.13. The van der Waals surface area contributed by atoms with Crippen LogP contribution in [0.25, 0.3) is 0 Å². The van der Waals surface area contributed by atoms with E-state index in [4.69, 9.17) is 9.84 Å². The molecule has 1 aromatic carbocycles. The Morgan fingerprint density at radius 1 is 1.26 bits per heavy atom. The van der Waals surface area contributed by atoms with Crippen LogP contribution in [0, 0.1) is 17.7 Å². The van der Waals surface area contributed by atoms with Crippen molar-refractivity contribution >= 4 is 29.2 Å². The molecule has 1 aromatic rings. The molecule has 3 saturated heterocycles. The normalized spacial score (nSPS) is 30.0. The number of amides is 1. The summed E-state index contributed by atoms with van der Waals surface area (Å²) in [5, 5.41) is 9.08. The summed E-state index contributed by atoms with van der Waals surface area (Å²) in [5.41, 5.74) is 1.08. The van der Waals surface area contributed by atoms with Crippen molar-refractivity contribution in [3.05, 3.63) is 24.0 Å². The monoisotopic (exact) mass is 338 g/mol. The number of benzene rings is 1. The van der Waals surface area contributed by atoms with E-state index in [1.165, 1.54) is 22.5 Å². The molecular formula is C16H19FN2O3S. The number of rotatable bonds is 3. The van der Waals surface area contributed by atoms with E-state index in [0.29, 0.717) is 23.2 Å². The number of carbonyl (C=O) groups is 1. The number of ether oxygens (including phenoxy) is 1. The van der Waals surface area contributed by atoms with Gasteiger partial charge in [-0.3, -0.25) is 4.90 Å². The maximum Gasteiger partial charge on any atom is 0.414 e. The summed E-state index contributed by atoms with van der Waals surface area (Å²) < 4.78 is 19.6. The summed E-state index contributed by atoms with van der Waals surface area (Å²) in [7, 11) is 0. The van der Waals surface area contributed by atoms with E-state index in [2.05, 4.69) is 4.90 Å². The van der Waals surface area contributed by atoms with Crippen LogP contribution in [0.3, 0.4) is 0 Å². The number of carbonyl (C=O) groups excluding carboxylic acids is 1. The SMILES string of the molecule is O=C1O[C@@H](CO)CN1c1ccc(N2CC3CSCC3C2)c(F)c1. The van der Waals surface area contributed by atoms with Gasteiger partial charge in [-0.25, -0.2) is 9.18 Å². The lowest BCUT2D eigenvalue weighted by Gasteiger charge is -2.22. The van der Waals surface area contributed by atoms with Crippen molar-refractivity contribution in [1.82, 2.24) is 0 Å². The maximum atomic E-state index is 14.6. The van der Waals surface area contributed by atoms with Gasteiger partial charge < -0.3 is 14.7 Å². The Hall–Kier alpha value is -1.47. The van der Waals surface area contributed by atoms with Gasteiger partial charge in [0.05, 0.1) is 24.5 Å². The highest BCUT2D eigenvalue weighted by molar-refractivity contribution is 7.99. The smallest absolute Gasteiger partial charge is 0.414 e. The van der Waals surface area contributed by atoms with Gasteiger partial charge in [0.25, 0.3) is 0 Å². The van der Waals surface area contributed by atoms with Gasteiger partial charge in [0, 0.05) is 13.1 Å². The number of aliphatic hydroxyl groups excluding tert-OH is 1. The van der Waals surface area contributed by atoms with E-state index in [1.54, 1.807) is 12.1 Å². The van der Waals surface area contributed by atoms with Crippen LogP contribution in [0.2, 0.25) is 0 Å². The molecule has 2 unspecified atom stereocenters. The van der Waals surface area contributed by atoms with Crippen molar-refractivity contribution in [2.75, 3.05) is 47.5 Å². The first-order valence-electron chi connectivity index (χ1n) is 7.87. The summed E-state index contributed by atoms with van der Waals surface area (Å²) in [6.07, 6.45) is -1.08. The lowest BCUT2D eigenvalue weighted by molar-refractivity contribution is 0.0963. The lowest BCUT2D eigenvalue weighted by atomic mass is 10.0. The summed E-state index contributed by atoms with van der Waals surface area (Å²) in [5.74, 6) is 3.36. The van der Waals surface area contributed by atoms with E-state index >= 15 is 0 Å². The highest BCUT2D eigenvalue weighted by atomic mass is 32.2. The third kappa shape index (κ3) is 2.65. The second kappa shape index (κ2) is 5.87. The molecule has 0 radical (unpaired) electrons. The van der Waals surface area contributed by atoms with E-state index in [1.807, 2.05) is 11.8 Å². The largest absolute Gasteiger partial charge is 0.441 e. The van der Waals surface area contributed by atoms with Gasteiger partial charge in [0.1, 0.15) is 11.9 Å². The molecule has 7 heteroatoms. The number of halogens is 1. The van der Waals surface area contributed by atoms with Crippen LogP contribution in [-0.2, 0) is 4.74 Å². The molecule has 5 nitrogen and oxygen atoms in total. The van der Waals surface area contributed by atoms with Crippen LogP contribution in [0.4, 0.5) is 20.6 Å². The van der Waals surface area contributed by atoms with E-state index < -0.39 is 12.2 Å². The first kappa shape index (κ1) is 15.1. The van der Waals surface area contributed by atoms with Crippen LogP contribution >= 0.6 is 11.8 Å². The highest BCUT2D eigenvalue weighted by Crippen LogP contribution is 2.39. The van der Waals surface area contributed by atoms with E-state index in [9.17, 15) is 9.18 Å². The summed E-state index contributed by atoms with van der Waals surface area (Å²) in [6.45, 7) is 1.84. The number of aliphatic hydroxyl groups is 1. The number of hydrogen-bond donors (Lipinski definition) is 1. The van der Waals surface area contributed by atoms with Gasteiger partial charge in [-0.1, -0.05) is 0 Å². The Balaban J connectivity index is 1.52. The molecule has 4 rings (SSSR count). The summed E-state index contributed by atoms with van der Waals surface area (Å²) in [6, 6.07) is 4.89. The topological polar surface area (TPSA) is 53.0 Å². The number of anilines is 2. The molecule has 3 atom stereocenters. The van der Waals surface area contributed by atoms with Gasteiger partial charge in [-0.05, 0) is 41.5 Å². The standard InChI is InChI=1S/C16H19FN2O3S/c17-14-3-12(19-6-13(7-20)22-16(19)21)1-2-15(14)18-4-10-8-23-9-11(10)5-18/h1-3,10-11,13,20H,4-9H2/t10?,11?,13-/m1/s1. The fourth-order valence-electron chi connectivity index (χ4n) is 3.63. The number of nitrogens with zero attached hydrogens (tertiary/aromatic N) is 2. The Morgan fingerprint density at radius 3 is 2.61 bits per heavy atom. The fraction of sp³-hybridized carbons (Fsp3) is 0.562. The van der Waals surface area contributed by atoms with Crippen LogP contribution in [0.5, 0.6) is 0 Å². The van der Waals surface area contributed by atoms with Crippen LogP contribution in [-0.4, -0.2) is 55.1 Å². The number of hydrogen-bond acceptors (Lipinski definition) is 5. The molecule has 3 aliphatic heterocycles. The minimum Gasteiger partial charge on any atom is -0.441 e. The van der Waals surface area contributed by atoms with Gasteiger partial charge in [-0.2, -0.15) is 11.8 Å². The average Bonchev–Trinajstić information content (AvgIpc) is 3.20. The zero-order chi connectivity index (χ0) is 16.0. The van der Waals surface area contributed by atoms with Gasteiger partial charge in [0.15, 0.2) is 0 Å². The Bertz CT molecular complexity index is 617. The second-order valence-corrected chi connectivity index (χ2v) is 7.47. The van der Waals surface area contributed by atoms with Crippen LogP contribution < -0.4 is 9.80 Å². The predicted octanol–water partition coefficient (Wildman–Crippen LogP) is 1.94. The molecular weight excluding hydrogens is 319 g/mol. The van der Waals surface area contributed by atoms with Crippen molar-refractivity contribution in [3.63, 3.8) is 0 Å². The molecule has 124 valence electrons. The van der Waals surface area contributed by atoms with Crippen LogP contribution in [0.15, 0.2) is 18.2 Å². The van der Waals surface area contributed by atoms with Crippen molar-refractivity contribution in [2.45, 2.75) is 6.10 Å². The number of cyclic esters (lactones) is 1. The molecule has 0 bridgehead atoms. The maximum absolute atomic E-state index is 14.6. The van der Waals surface area contributed by atoms with Crippen molar-refractivity contribution in [3.8, 4) is 0 Å². The third-order valence-electron chi connectivity index (χ3n) is 4.90. The van der Waals surface area contributed by atoms with Crippen molar-refractivity contribution < 1.29 is 19.0 Å². The second-order valence-electron chi connectivity index (χ2n) is 6.40. The lowest BCUT2D eigenvalue weighted by Crippen LogP contribution is -2.26. The molecule has 0 spiro atoms. The van der Waals surface area contributed by atoms with E-state index in [0.717, 1.165) is 13.1 Å². The van der Waals surface area contributed by atoms with Crippen molar-refractivity contribution in [2.24, 2.45) is 11.8 Å². The zero-order valence-corrected chi connectivity index (χ0v) is 13.5. The predicted molar refractivity (Wildman–Crippen MR) is 87.6 cm³/mol. The molecule has 0 aromatic heterocycles. The third-order valence-corrected chi connectivity index (χ3v) is 6.23. The molecule has 3 aliphatic rings. The molecule has 1 N–H and O–H groups in total. The minimum atomic E-state index is -0.541. The van der Waals surface area contributed by atoms with Gasteiger partial charge in [0.2, 0.25) is 0 Å². The van der Waals surface area contributed by atoms with Gasteiger partial charge >= 0.3 is 6.09 Å². The van der Waals surface area contributed by atoms with Crippen molar-refractivity contribution in [1.29, 1.82) is 0 Å². The first-order chi connectivity index (χ1) is 11.2. The average molecular weight is 338 g/mol. The molecule has 0 saturated carbocycles. The van der Waals surface area contributed by atoms with Crippen LogP contribution in [0.1, 0.15) is 0 Å².